The van der Waals surface area contributed by atoms with Gasteiger partial charge in [0.25, 0.3) is 0 Å². The van der Waals surface area contributed by atoms with Crippen molar-refractivity contribution in [2.75, 3.05) is 13.2 Å². The minimum Gasteiger partial charge on any atom is -0.462 e. The van der Waals surface area contributed by atoms with E-state index in [0.29, 0.717) is 19.3 Å². The molecule has 0 saturated heterocycles. The maximum Gasteiger partial charge on any atom is 0.306 e. The van der Waals surface area contributed by atoms with Crippen molar-refractivity contribution in [3.63, 3.8) is 0 Å². The summed E-state index contributed by atoms with van der Waals surface area (Å²) < 4.78 is 16.9. The number of ether oxygens (including phenoxy) is 3. The van der Waals surface area contributed by atoms with Crippen LogP contribution in [-0.4, -0.2) is 37.2 Å². The minimum absolute atomic E-state index is 0.0855. The van der Waals surface area contributed by atoms with Gasteiger partial charge in [0.15, 0.2) is 6.10 Å². The average Bonchev–Trinajstić information content (AvgIpc) is 3.46. The number of unbranched alkanes of at least 4 members (excludes halogenated alkanes) is 33. The Morgan fingerprint density at radius 1 is 0.259 bits per heavy atom. The van der Waals surface area contributed by atoms with Crippen molar-refractivity contribution in [1.82, 2.24) is 0 Å². The Balaban J connectivity index is 4.13. The molecule has 0 saturated carbocycles. The predicted octanol–water partition coefficient (Wildman–Crippen LogP) is 23.8. The first-order chi connectivity index (χ1) is 40.0. The molecule has 0 aromatic rings. The van der Waals surface area contributed by atoms with Crippen LogP contribution in [0.5, 0.6) is 0 Å². The highest BCUT2D eigenvalue weighted by Gasteiger charge is 2.19. The van der Waals surface area contributed by atoms with Gasteiger partial charge in [0, 0.05) is 19.3 Å². The zero-order valence-corrected chi connectivity index (χ0v) is 53.3. The van der Waals surface area contributed by atoms with Crippen molar-refractivity contribution < 1.29 is 28.6 Å². The average molecular weight is 1130 g/mol. The maximum atomic E-state index is 12.9. The van der Waals surface area contributed by atoms with Crippen LogP contribution in [0.2, 0.25) is 0 Å². The second-order valence-corrected chi connectivity index (χ2v) is 22.7. The largest absolute Gasteiger partial charge is 0.462 e. The Kier molecular flexibility index (Phi) is 65.2. The third kappa shape index (κ3) is 66.8. The Morgan fingerprint density at radius 2 is 0.506 bits per heavy atom. The molecule has 0 amide bonds. The topological polar surface area (TPSA) is 78.9 Å². The quantitative estimate of drug-likeness (QED) is 0.0261. The Bertz CT molecular complexity index is 1620. The second-order valence-electron chi connectivity index (χ2n) is 22.7. The molecule has 6 nitrogen and oxygen atoms in total. The molecule has 0 aromatic heterocycles. The monoisotopic (exact) mass is 1120 g/mol. The molecular weight excluding hydrogens is 997 g/mol. The van der Waals surface area contributed by atoms with Gasteiger partial charge < -0.3 is 14.2 Å². The van der Waals surface area contributed by atoms with E-state index in [1.54, 1.807) is 0 Å². The first-order valence-corrected chi connectivity index (χ1v) is 34.4. The maximum absolute atomic E-state index is 12.9. The van der Waals surface area contributed by atoms with E-state index in [1.165, 1.54) is 141 Å². The first kappa shape index (κ1) is 77.1. The number of rotatable bonds is 62. The molecule has 0 radical (unpaired) electrons. The number of carbonyl (C=O) groups excluding carboxylic acids is 3. The molecule has 464 valence electrons. The molecule has 0 rings (SSSR count). The molecule has 0 heterocycles. The van der Waals surface area contributed by atoms with Crippen molar-refractivity contribution in [3.05, 3.63) is 109 Å². The Hall–Kier alpha value is -3.93. The van der Waals surface area contributed by atoms with Gasteiger partial charge in [-0.3, -0.25) is 14.4 Å². The third-order valence-electron chi connectivity index (χ3n) is 14.7. The van der Waals surface area contributed by atoms with Gasteiger partial charge in [-0.1, -0.05) is 297 Å². The highest BCUT2D eigenvalue weighted by Crippen LogP contribution is 2.17. The van der Waals surface area contributed by atoms with E-state index < -0.39 is 6.10 Å². The van der Waals surface area contributed by atoms with E-state index in [2.05, 4.69) is 130 Å². The molecule has 0 aliphatic heterocycles. The molecule has 0 N–H and O–H groups in total. The summed E-state index contributed by atoms with van der Waals surface area (Å²) in [6.45, 7) is 6.44. The predicted molar refractivity (Wildman–Crippen MR) is 353 cm³/mol. The summed E-state index contributed by atoms with van der Waals surface area (Å²) in [5.41, 5.74) is 0. The van der Waals surface area contributed by atoms with Crippen LogP contribution in [0.25, 0.3) is 0 Å². The first-order valence-electron chi connectivity index (χ1n) is 34.4. The molecule has 0 bridgehead atoms. The summed E-state index contributed by atoms with van der Waals surface area (Å²) >= 11 is 0. The van der Waals surface area contributed by atoms with E-state index in [4.69, 9.17) is 14.2 Å². The van der Waals surface area contributed by atoms with Gasteiger partial charge in [0.2, 0.25) is 0 Å². The molecule has 6 heteroatoms. The lowest BCUT2D eigenvalue weighted by Crippen LogP contribution is -2.30. The lowest BCUT2D eigenvalue weighted by Gasteiger charge is -2.18. The van der Waals surface area contributed by atoms with Crippen molar-refractivity contribution >= 4 is 17.9 Å². The molecule has 0 aliphatic rings. The van der Waals surface area contributed by atoms with Crippen LogP contribution in [-0.2, 0) is 28.6 Å². The van der Waals surface area contributed by atoms with Crippen LogP contribution in [0, 0.1) is 0 Å². The van der Waals surface area contributed by atoms with E-state index in [-0.39, 0.29) is 31.1 Å². The molecule has 1 atom stereocenters. The van der Waals surface area contributed by atoms with Gasteiger partial charge in [-0.25, -0.2) is 0 Å². The van der Waals surface area contributed by atoms with Gasteiger partial charge in [0.05, 0.1) is 0 Å². The molecule has 81 heavy (non-hydrogen) atoms. The number of allylic oxidation sites excluding steroid dienone is 18. The fourth-order valence-corrected chi connectivity index (χ4v) is 9.60. The standard InChI is InChI=1S/C75H128O6/c1-4-7-10-13-16-19-22-25-27-28-29-30-31-32-33-34-35-36-37-38-39-40-41-42-43-44-45-46-48-50-53-56-59-62-65-68-74(77)80-71-72(70-79-73(76)67-64-61-58-55-52-49-24-21-18-15-12-9-6-3)81-75(78)69-66-63-60-57-54-51-47-26-23-20-17-14-11-8-5-2/h7,10,12,15-17,19-21,24-27,29-30,32-33,47,72H,4-6,8-9,11,13-14,18,22-23,28,31,34-46,48-71H2,1-3H3/b10-7-,15-12-,19-16-,20-17-,24-21-,27-25-,30-29-,33-32-,47-26-. The summed E-state index contributed by atoms with van der Waals surface area (Å²) in [7, 11) is 0. The number of carbonyl (C=O) groups is 3. The van der Waals surface area contributed by atoms with Crippen LogP contribution in [0.15, 0.2) is 109 Å². The molecular formula is C75H128O6. The fraction of sp³-hybridized carbons (Fsp3) is 0.720. The minimum atomic E-state index is -0.791. The zero-order valence-electron chi connectivity index (χ0n) is 53.3. The van der Waals surface area contributed by atoms with E-state index in [1.807, 2.05) is 0 Å². The van der Waals surface area contributed by atoms with Crippen LogP contribution < -0.4 is 0 Å². The Morgan fingerprint density at radius 3 is 0.802 bits per heavy atom. The van der Waals surface area contributed by atoms with Gasteiger partial charge in [0.1, 0.15) is 13.2 Å². The fourth-order valence-electron chi connectivity index (χ4n) is 9.60. The lowest BCUT2D eigenvalue weighted by molar-refractivity contribution is -0.167. The van der Waals surface area contributed by atoms with E-state index in [0.717, 1.165) is 148 Å². The normalized spacial score (nSPS) is 12.8. The van der Waals surface area contributed by atoms with E-state index in [9.17, 15) is 14.4 Å². The molecule has 0 spiro atoms. The second kappa shape index (κ2) is 68.6. The molecule has 0 aromatic carbocycles. The summed E-state index contributed by atoms with van der Waals surface area (Å²) in [6, 6.07) is 0. The lowest BCUT2D eigenvalue weighted by atomic mass is 10.0. The number of esters is 3. The highest BCUT2D eigenvalue weighted by atomic mass is 16.6. The summed E-state index contributed by atoms with van der Waals surface area (Å²) in [5, 5.41) is 0. The van der Waals surface area contributed by atoms with Crippen LogP contribution in [0.4, 0.5) is 0 Å². The van der Waals surface area contributed by atoms with E-state index >= 15 is 0 Å². The van der Waals surface area contributed by atoms with Crippen molar-refractivity contribution in [2.24, 2.45) is 0 Å². The van der Waals surface area contributed by atoms with Gasteiger partial charge in [-0.05, 0) is 122 Å². The van der Waals surface area contributed by atoms with Crippen molar-refractivity contribution in [3.8, 4) is 0 Å². The number of hydrogen-bond acceptors (Lipinski definition) is 6. The van der Waals surface area contributed by atoms with Gasteiger partial charge in [-0.15, -0.1) is 0 Å². The molecule has 0 aliphatic carbocycles. The third-order valence-corrected chi connectivity index (χ3v) is 14.7. The van der Waals surface area contributed by atoms with Crippen molar-refractivity contribution in [1.29, 1.82) is 0 Å². The Labute approximate surface area is 501 Å². The van der Waals surface area contributed by atoms with Gasteiger partial charge in [-0.2, -0.15) is 0 Å². The highest BCUT2D eigenvalue weighted by molar-refractivity contribution is 5.71. The van der Waals surface area contributed by atoms with Crippen molar-refractivity contribution in [2.45, 2.75) is 335 Å². The smallest absolute Gasteiger partial charge is 0.306 e. The van der Waals surface area contributed by atoms with Crippen LogP contribution >= 0.6 is 0 Å². The van der Waals surface area contributed by atoms with Gasteiger partial charge >= 0.3 is 17.9 Å². The van der Waals surface area contributed by atoms with Crippen LogP contribution in [0.1, 0.15) is 329 Å². The summed E-state index contributed by atoms with van der Waals surface area (Å²) in [6.07, 6.45) is 94.1. The zero-order chi connectivity index (χ0) is 58.5. The molecule has 1 unspecified atom stereocenters. The summed E-state index contributed by atoms with van der Waals surface area (Å²) in [5.74, 6) is -0.903. The summed E-state index contributed by atoms with van der Waals surface area (Å²) in [4.78, 5) is 38.3. The van der Waals surface area contributed by atoms with Crippen LogP contribution in [0.3, 0.4) is 0 Å². The molecule has 0 fully saturated rings. The number of hydrogen-bond donors (Lipinski definition) is 0. The SMILES string of the molecule is CC/C=C\C/C=C\C/C=C\C/C=C\C/C=C\CCCCCCCCCCCCCCCCCCCCCC(=O)OCC(COC(=O)CCCCCCC/C=C\C/C=C\CCC)OC(=O)CCCCCCC/C=C\C/C=C\CCCCC.